The highest BCUT2D eigenvalue weighted by atomic mass is 35.5. The number of carbonyl (C=O) groups is 3. The summed E-state index contributed by atoms with van der Waals surface area (Å²) in [6.07, 6.45) is 6.53. The van der Waals surface area contributed by atoms with Crippen LogP contribution in [-0.4, -0.2) is 50.9 Å². The number of hydrogen-bond acceptors (Lipinski definition) is 9. The van der Waals surface area contributed by atoms with Crippen LogP contribution in [0.25, 0.3) is 11.0 Å². The van der Waals surface area contributed by atoms with E-state index in [1.54, 1.807) is 11.4 Å². The van der Waals surface area contributed by atoms with Gasteiger partial charge in [-0.1, -0.05) is 0 Å². The third kappa shape index (κ3) is 4.62. The smallest absolute Gasteiger partial charge is 0.311 e. The normalized spacial score (nSPS) is 23.1. The molecule has 0 saturated heterocycles. The fourth-order valence-electron chi connectivity index (χ4n) is 4.81. The SMILES string of the molecule is COC(=O)C12CCC(CNC(=O)c3ncnc4c(N)n[nH]c34)(CC1)CC2.O=C(Cl)c1ccsc1. The molecule has 3 heterocycles. The van der Waals surface area contributed by atoms with E-state index in [2.05, 4.69) is 25.5 Å². The van der Waals surface area contributed by atoms with Crippen molar-refractivity contribution in [2.24, 2.45) is 10.8 Å². The summed E-state index contributed by atoms with van der Waals surface area (Å²) >= 11 is 6.57. The number of esters is 1. The van der Waals surface area contributed by atoms with Crippen LogP contribution >= 0.6 is 22.9 Å². The summed E-state index contributed by atoms with van der Waals surface area (Å²) in [5.41, 5.74) is 7.17. The van der Waals surface area contributed by atoms with E-state index in [9.17, 15) is 14.4 Å². The summed E-state index contributed by atoms with van der Waals surface area (Å²) in [6.45, 7) is 0.568. The van der Waals surface area contributed by atoms with Crippen molar-refractivity contribution < 1.29 is 19.1 Å². The number of hydrogen-bond donors (Lipinski definition) is 3. The number of H-pyrrole nitrogens is 1. The molecule has 3 fully saturated rings. The second kappa shape index (κ2) is 9.67. The highest BCUT2D eigenvalue weighted by Crippen LogP contribution is 2.57. The Bertz CT molecular complexity index is 1190. The number of aromatic nitrogens is 4. The molecule has 180 valence electrons. The van der Waals surface area contributed by atoms with Gasteiger partial charge in [-0.3, -0.25) is 19.5 Å². The molecular formula is C22H25ClN6O4S. The summed E-state index contributed by atoms with van der Waals surface area (Å²) in [7, 11) is 1.46. The van der Waals surface area contributed by atoms with Gasteiger partial charge in [0.1, 0.15) is 17.4 Å². The lowest BCUT2D eigenvalue weighted by Crippen LogP contribution is -2.50. The molecular weight excluding hydrogens is 480 g/mol. The van der Waals surface area contributed by atoms with Gasteiger partial charge in [0.25, 0.3) is 11.1 Å². The van der Waals surface area contributed by atoms with Gasteiger partial charge >= 0.3 is 5.97 Å². The number of nitrogen functional groups attached to an aromatic ring is 1. The van der Waals surface area contributed by atoms with Crippen LogP contribution in [0.1, 0.15) is 59.4 Å². The standard InChI is InChI=1S/C17H22N6O3.C5H3ClOS/c1-26-15(25)17-5-2-16(3-6-17,4-7-17)8-19-14(24)12-10-11(20-9-21-12)13(18)23-22-10;6-5(7)4-1-2-8-3-4/h9H,2-8H2,1H3,(H,19,24)(H3,18,22,23);1-3H. The van der Waals surface area contributed by atoms with Crippen LogP contribution in [-0.2, 0) is 9.53 Å². The average Bonchev–Trinajstić information content (AvgIpc) is 3.54. The molecule has 34 heavy (non-hydrogen) atoms. The molecule has 2 bridgehead atoms. The van der Waals surface area contributed by atoms with E-state index < -0.39 is 0 Å². The van der Waals surface area contributed by atoms with Crippen molar-refractivity contribution in [3.8, 4) is 0 Å². The highest BCUT2D eigenvalue weighted by molar-refractivity contribution is 7.08. The van der Waals surface area contributed by atoms with Crippen molar-refractivity contribution in [3.63, 3.8) is 0 Å². The van der Waals surface area contributed by atoms with Gasteiger partial charge in [0.15, 0.2) is 11.5 Å². The lowest BCUT2D eigenvalue weighted by Gasteiger charge is -2.51. The molecule has 10 nitrogen and oxygen atoms in total. The Labute approximate surface area is 204 Å². The van der Waals surface area contributed by atoms with Gasteiger partial charge in [-0.2, -0.15) is 16.4 Å². The first kappa shape index (κ1) is 24.1. The minimum absolute atomic E-state index is 0.0462. The molecule has 0 aliphatic heterocycles. The minimum Gasteiger partial charge on any atom is -0.469 e. The monoisotopic (exact) mass is 504 g/mol. The molecule has 12 heteroatoms. The van der Waals surface area contributed by atoms with Crippen molar-refractivity contribution in [3.05, 3.63) is 34.4 Å². The molecule has 3 aromatic heterocycles. The summed E-state index contributed by atoms with van der Waals surface area (Å²) in [5, 5.41) is 12.8. The third-order valence-electron chi connectivity index (χ3n) is 6.99. The van der Waals surface area contributed by atoms with Crippen LogP contribution < -0.4 is 11.1 Å². The van der Waals surface area contributed by atoms with Crippen molar-refractivity contribution >= 4 is 56.9 Å². The van der Waals surface area contributed by atoms with Gasteiger partial charge < -0.3 is 15.8 Å². The fraction of sp³-hybridized carbons (Fsp3) is 0.455. The molecule has 3 aromatic rings. The zero-order valence-electron chi connectivity index (χ0n) is 18.6. The first-order valence-electron chi connectivity index (χ1n) is 10.8. The number of fused-ring (bicyclic) bond motifs is 4. The Morgan fingerprint density at radius 2 is 1.91 bits per heavy atom. The van der Waals surface area contributed by atoms with Crippen molar-refractivity contribution in [2.75, 3.05) is 19.4 Å². The van der Waals surface area contributed by atoms with E-state index in [4.69, 9.17) is 22.1 Å². The number of anilines is 1. The highest BCUT2D eigenvalue weighted by Gasteiger charge is 2.53. The maximum absolute atomic E-state index is 12.6. The van der Waals surface area contributed by atoms with E-state index >= 15 is 0 Å². The van der Waals surface area contributed by atoms with E-state index in [-0.39, 0.29) is 39.5 Å². The summed E-state index contributed by atoms with van der Waals surface area (Å²) in [4.78, 5) is 43.1. The molecule has 0 spiro atoms. The second-order valence-electron chi connectivity index (χ2n) is 8.80. The number of thiophene rings is 1. The molecule has 0 atom stereocenters. The third-order valence-corrected chi connectivity index (χ3v) is 7.89. The van der Waals surface area contributed by atoms with E-state index in [0.717, 1.165) is 38.5 Å². The number of halogens is 1. The zero-order valence-corrected chi connectivity index (χ0v) is 20.2. The van der Waals surface area contributed by atoms with Crippen molar-refractivity contribution in [2.45, 2.75) is 38.5 Å². The molecule has 3 aliphatic carbocycles. The van der Waals surface area contributed by atoms with Gasteiger partial charge in [-0.15, -0.1) is 0 Å². The molecule has 6 rings (SSSR count). The predicted octanol–water partition coefficient (Wildman–Crippen LogP) is 3.31. The number of nitrogens with zero attached hydrogens (tertiary/aromatic N) is 3. The van der Waals surface area contributed by atoms with Gasteiger partial charge in [-0.05, 0) is 67.0 Å². The Morgan fingerprint density at radius 3 is 2.47 bits per heavy atom. The maximum Gasteiger partial charge on any atom is 0.311 e. The quantitative estimate of drug-likeness (QED) is 0.353. The van der Waals surface area contributed by atoms with Gasteiger partial charge in [0, 0.05) is 17.5 Å². The van der Waals surface area contributed by atoms with Crippen molar-refractivity contribution in [1.29, 1.82) is 0 Å². The van der Waals surface area contributed by atoms with Crippen LogP contribution in [0.15, 0.2) is 23.2 Å². The summed E-state index contributed by atoms with van der Waals surface area (Å²) in [5.74, 6) is -0.116. The number of rotatable bonds is 5. The van der Waals surface area contributed by atoms with E-state index in [1.807, 2.05) is 5.38 Å². The van der Waals surface area contributed by atoms with Crippen molar-refractivity contribution in [1.82, 2.24) is 25.5 Å². The Hall–Kier alpha value is -3.05. The van der Waals surface area contributed by atoms with Gasteiger partial charge in [0.2, 0.25) is 0 Å². The molecule has 1 amide bonds. The number of nitrogens with two attached hydrogens (primary N) is 1. The number of amides is 1. The second-order valence-corrected chi connectivity index (χ2v) is 9.92. The first-order chi connectivity index (χ1) is 16.3. The van der Waals surface area contributed by atoms with Gasteiger partial charge in [-0.25, -0.2) is 9.97 Å². The van der Waals surface area contributed by atoms with E-state index in [1.165, 1.54) is 24.8 Å². The Kier molecular flexibility index (Phi) is 6.85. The number of ether oxygens (including phenoxy) is 1. The molecule has 3 aliphatic rings. The van der Waals surface area contributed by atoms with E-state index in [0.29, 0.717) is 23.1 Å². The van der Waals surface area contributed by atoms with Gasteiger partial charge in [0.05, 0.1) is 12.5 Å². The van der Waals surface area contributed by atoms with Crippen LogP contribution in [0.3, 0.4) is 0 Å². The largest absolute Gasteiger partial charge is 0.469 e. The lowest BCUT2D eigenvalue weighted by atomic mass is 9.53. The molecule has 0 aromatic carbocycles. The Balaban J connectivity index is 0.000000291. The molecule has 4 N–H and O–H groups in total. The van der Waals surface area contributed by atoms with Crippen LogP contribution in [0.4, 0.5) is 5.82 Å². The number of carbonyl (C=O) groups excluding carboxylic acids is 3. The zero-order chi connectivity index (χ0) is 24.3. The van der Waals surface area contributed by atoms with Crippen LogP contribution in [0.2, 0.25) is 0 Å². The maximum atomic E-state index is 12.6. The topological polar surface area (TPSA) is 153 Å². The molecule has 3 saturated carbocycles. The number of nitrogens with one attached hydrogen (secondary N) is 2. The average molecular weight is 505 g/mol. The number of methoxy groups -OCH3 is 1. The van der Waals surface area contributed by atoms with Crippen LogP contribution in [0.5, 0.6) is 0 Å². The molecule has 0 unspecified atom stereocenters. The summed E-state index contributed by atoms with van der Waals surface area (Å²) in [6, 6.07) is 1.69. The minimum atomic E-state index is -0.383. The lowest BCUT2D eigenvalue weighted by molar-refractivity contribution is -0.162. The first-order valence-corrected chi connectivity index (χ1v) is 12.1. The summed E-state index contributed by atoms with van der Waals surface area (Å²) < 4.78 is 5.00. The van der Waals surface area contributed by atoms with Crippen LogP contribution in [0, 0.1) is 10.8 Å². The fourth-order valence-corrected chi connectivity index (χ4v) is 5.62. The number of aromatic amines is 1. The predicted molar refractivity (Wildman–Crippen MR) is 128 cm³/mol. The molecule has 0 radical (unpaired) electrons. The Morgan fingerprint density at radius 1 is 1.21 bits per heavy atom.